The molecule has 3 saturated heterocycles. The number of carbonyl (C=O) groups is 3. The zero-order chi connectivity index (χ0) is 35.0. The molecule has 3 aliphatic rings. The van der Waals surface area contributed by atoms with Crippen molar-refractivity contribution in [2.75, 3.05) is 19.7 Å². The lowest BCUT2D eigenvalue weighted by Gasteiger charge is -2.42. The molecule has 0 aliphatic carbocycles. The predicted molar refractivity (Wildman–Crippen MR) is 193 cm³/mol. The Morgan fingerprint density at radius 2 is 1.64 bits per heavy atom. The molecule has 3 unspecified atom stereocenters. The van der Waals surface area contributed by atoms with Crippen molar-refractivity contribution >= 4 is 40.5 Å². The van der Waals surface area contributed by atoms with E-state index in [9.17, 15) is 9.90 Å². The van der Waals surface area contributed by atoms with Crippen LogP contribution in [0.4, 0.5) is 0 Å². The van der Waals surface area contributed by atoms with Crippen molar-refractivity contribution in [3.63, 3.8) is 0 Å². The molecule has 10 nitrogen and oxygen atoms in total. The molecule has 4 heterocycles. The highest BCUT2D eigenvalue weighted by molar-refractivity contribution is 8.02. The largest absolute Gasteiger partial charge is 0.394 e. The summed E-state index contributed by atoms with van der Waals surface area (Å²) in [6, 6.07) is 25.0. The lowest BCUT2D eigenvalue weighted by molar-refractivity contribution is -0.148. The Kier molecular flexibility index (Phi) is 9.36. The van der Waals surface area contributed by atoms with E-state index < -0.39 is 28.7 Å². The molecule has 4 aromatic rings. The maximum absolute atomic E-state index is 15.2. The lowest BCUT2D eigenvalue weighted by atomic mass is 9.65. The lowest BCUT2D eigenvalue weighted by Crippen LogP contribution is -2.58. The third-order valence-electron chi connectivity index (χ3n) is 10.7. The number of hydrogen-bond acceptors (Lipinski definition) is 7. The van der Waals surface area contributed by atoms with Gasteiger partial charge in [-0.3, -0.25) is 14.4 Å². The van der Waals surface area contributed by atoms with Gasteiger partial charge in [-0.25, -0.2) is 4.68 Å². The number of fused-ring (bicyclic) bond motifs is 2. The van der Waals surface area contributed by atoms with E-state index >= 15 is 9.59 Å². The maximum atomic E-state index is 15.2. The van der Waals surface area contributed by atoms with Crippen molar-refractivity contribution in [1.82, 2.24) is 29.7 Å². The van der Waals surface area contributed by atoms with Crippen molar-refractivity contribution < 1.29 is 19.5 Å². The van der Waals surface area contributed by atoms with Crippen LogP contribution in [0.3, 0.4) is 0 Å². The number of carbonyl (C=O) groups excluding carboxylic acids is 3. The molecular weight excluding hydrogens is 649 g/mol. The minimum absolute atomic E-state index is 0.0516. The summed E-state index contributed by atoms with van der Waals surface area (Å²) >= 11 is 1.62. The van der Waals surface area contributed by atoms with Crippen LogP contribution >= 0.6 is 11.8 Å². The highest BCUT2D eigenvalue weighted by Gasteiger charge is 2.77. The highest BCUT2D eigenvalue weighted by atomic mass is 32.2. The topological polar surface area (TPSA) is 112 Å². The van der Waals surface area contributed by atoms with E-state index in [1.165, 1.54) is 0 Å². The number of hydrogen-bond donors (Lipinski definition) is 1. The van der Waals surface area contributed by atoms with Gasteiger partial charge in [-0.15, -0.1) is 30.0 Å². The number of likely N-dealkylation sites (tertiary alicyclic amines) is 1. The Balaban J connectivity index is 1.32. The second-order valence-corrected chi connectivity index (χ2v) is 15.0. The fraction of sp³-hybridized carbons (Fsp3) is 0.359. The van der Waals surface area contributed by atoms with Crippen LogP contribution in [0.2, 0.25) is 0 Å². The number of benzene rings is 3. The summed E-state index contributed by atoms with van der Waals surface area (Å²) in [6.45, 7) is 10.6. The predicted octanol–water partition coefficient (Wildman–Crippen LogP) is 4.69. The number of rotatable bonds is 13. The molecule has 1 spiro atoms. The Morgan fingerprint density at radius 3 is 2.34 bits per heavy atom. The number of aromatic nitrogens is 3. The van der Waals surface area contributed by atoms with Gasteiger partial charge in [0, 0.05) is 24.9 Å². The molecule has 3 amide bonds. The molecule has 3 aliphatic heterocycles. The monoisotopic (exact) mass is 690 g/mol. The van der Waals surface area contributed by atoms with Crippen LogP contribution in [0.1, 0.15) is 30.5 Å². The molecule has 1 N–H and O–H groups in total. The SMILES string of the molecule is C=CCN(Cn1nnc2ccccc21)C(=O)C1N([C@H](CO)c2ccccc2)C(=O)[C@@H]2[C@@H](C(=O)N(CC=C)Cc3ccccc3)[C@H]3CC(C)C12S3. The normalized spacial score (nSPS) is 25.8. The van der Waals surface area contributed by atoms with Crippen molar-refractivity contribution in [2.45, 2.75) is 48.6 Å². The molecule has 7 rings (SSSR count). The molecule has 11 heteroatoms. The first-order chi connectivity index (χ1) is 24.3. The number of para-hydroxylation sites is 1. The van der Waals surface area contributed by atoms with Crippen molar-refractivity contribution in [3.8, 4) is 0 Å². The molecule has 258 valence electrons. The van der Waals surface area contributed by atoms with Crippen molar-refractivity contribution in [1.29, 1.82) is 0 Å². The van der Waals surface area contributed by atoms with Gasteiger partial charge in [0.1, 0.15) is 18.2 Å². The Labute approximate surface area is 296 Å². The van der Waals surface area contributed by atoms with Crippen molar-refractivity contribution in [3.05, 3.63) is 121 Å². The summed E-state index contributed by atoms with van der Waals surface area (Å²) in [5.41, 5.74) is 3.19. The van der Waals surface area contributed by atoms with Crippen LogP contribution in [0, 0.1) is 17.8 Å². The van der Waals surface area contributed by atoms with Crippen LogP contribution in [0.15, 0.2) is 110 Å². The van der Waals surface area contributed by atoms with Gasteiger partial charge < -0.3 is 19.8 Å². The molecule has 3 aromatic carbocycles. The standard InChI is InChI=1S/C39H42N6O4S/c1-4-20-42(23-27-14-8-6-9-15-27)36(47)33-32-22-26(3)39(50-32)34(33)37(48)45(31(24-46)28-16-10-7-11-17-28)35(39)38(49)43(21-5-2)25-44-30-19-13-12-18-29(30)40-41-44/h4-19,26,31-35,46H,1-2,20-25H2,3H3/t26?,31-,32-,33+,34+,35?,39?/m1/s1. The minimum Gasteiger partial charge on any atom is -0.394 e. The van der Waals surface area contributed by atoms with Gasteiger partial charge in [-0.05, 0) is 35.6 Å². The molecule has 0 saturated carbocycles. The van der Waals surface area contributed by atoms with Gasteiger partial charge in [0.2, 0.25) is 17.7 Å². The maximum Gasteiger partial charge on any atom is 0.248 e. The number of amides is 3. The average molecular weight is 691 g/mol. The smallest absolute Gasteiger partial charge is 0.248 e. The fourth-order valence-corrected chi connectivity index (χ4v) is 10.9. The van der Waals surface area contributed by atoms with E-state index in [1.54, 1.807) is 43.3 Å². The van der Waals surface area contributed by atoms with Gasteiger partial charge in [0.05, 0.1) is 34.7 Å². The summed E-state index contributed by atoms with van der Waals surface area (Å²) in [5, 5.41) is 19.5. The van der Waals surface area contributed by atoms with Gasteiger partial charge in [0.15, 0.2) is 0 Å². The number of aliphatic hydroxyl groups is 1. The first kappa shape index (κ1) is 33.7. The number of thioether (sulfide) groups is 1. The van der Waals surface area contributed by atoms with Crippen LogP contribution in [0.5, 0.6) is 0 Å². The van der Waals surface area contributed by atoms with Crippen LogP contribution < -0.4 is 0 Å². The molecular formula is C39H42N6O4S. The molecule has 2 bridgehead atoms. The molecule has 1 aromatic heterocycles. The van der Waals surface area contributed by atoms with Gasteiger partial charge >= 0.3 is 0 Å². The molecule has 50 heavy (non-hydrogen) atoms. The van der Waals surface area contributed by atoms with E-state index in [0.717, 1.165) is 16.6 Å². The molecule has 3 fully saturated rings. The summed E-state index contributed by atoms with van der Waals surface area (Å²) < 4.78 is 0.789. The summed E-state index contributed by atoms with van der Waals surface area (Å²) in [6.07, 6.45) is 4.08. The third kappa shape index (κ3) is 5.52. The zero-order valence-corrected chi connectivity index (χ0v) is 28.9. The average Bonchev–Trinajstić information content (AvgIpc) is 3.86. The second-order valence-electron chi connectivity index (χ2n) is 13.5. The minimum atomic E-state index is -0.947. The molecule has 7 atom stereocenters. The van der Waals surface area contributed by atoms with Crippen molar-refractivity contribution in [2.24, 2.45) is 17.8 Å². The Hall–Kier alpha value is -4.74. The van der Waals surface area contributed by atoms with E-state index in [4.69, 9.17) is 0 Å². The summed E-state index contributed by atoms with van der Waals surface area (Å²) in [7, 11) is 0. The summed E-state index contributed by atoms with van der Waals surface area (Å²) in [4.78, 5) is 50.1. The second kappa shape index (κ2) is 13.9. The van der Waals surface area contributed by atoms with E-state index in [2.05, 4.69) is 30.4 Å². The number of aliphatic hydroxyl groups excluding tert-OH is 1. The molecule has 0 radical (unpaired) electrons. The third-order valence-corrected chi connectivity index (χ3v) is 12.7. The fourth-order valence-electron chi connectivity index (χ4n) is 8.52. The quantitative estimate of drug-likeness (QED) is 0.203. The van der Waals surface area contributed by atoms with E-state index in [1.807, 2.05) is 84.9 Å². The summed E-state index contributed by atoms with van der Waals surface area (Å²) in [5.74, 6) is -2.08. The van der Waals surface area contributed by atoms with E-state index in [0.29, 0.717) is 25.0 Å². The Bertz CT molecular complexity index is 1900. The van der Waals surface area contributed by atoms with Gasteiger partial charge in [0.25, 0.3) is 0 Å². The van der Waals surface area contributed by atoms with Crippen LogP contribution in [0.25, 0.3) is 11.0 Å². The Morgan fingerprint density at radius 1 is 0.980 bits per heavy atom. The first-order valence-electron chi connectivity index (χ1n) is 17.1. The highest BCUT2D eigenvalue weighted by Crippen LogP contribution is 2.69. The first-order valence-corrected chi connectivity index (χ1v) is 18.0. The number of nitrogens with zero attached hydrogens (tertiary/aromatic N) is 6. The van der Waals surface area contributed by atoms with Crippen LogP contribution in [-0.4, -0.2) is 88.3 Å². The van der Waals surface area contributed by atoms with Gasteiger partial charge in [-0.2, -0.15) is 0 Å². The van der Waals surface area contributed by atoms with E-state index in [-0.39, 0.29) is 48.7 Å². The van der Waals surface area contributed by atoms with Gasteiger partial charge in [-0.1, -0.05) is 97.1 Å². The zero-order valence-electron chi connectivity index (χ0n) is 28.1. The van der Waals surface area contributed by atoms with Crippen LogP contribution in [-0.2, 0) is 27.6 Å².